The lowest BCUT2D eigenvalue weighted by atomic mass is 9.91. The number of H-pyrrole nitrogens is 1. The number of piperidine rings is 1. The number of nitrogens with zero attached hydrogens (tertiary/aromatic N) is 3. The minimum absolute atomic E-state index is 0.0787. The van der Waals surface area contributed by atoms with Crippen LogP contribution in [0, 0.1) is 30.1 Å². The lowest BCUT2D eigenvalue weighted by Gasteiger charge is -2.26. The van der Waals surface area contributed by atoms with Gasteiger partial charge in [-0.2, -0.15) is 5.26 Å². The van der Waals surface area contributed by atoms with Gasteiger partial charge in [0.25, 0.3) is 5.56 Å². The van der Waals surface area contributed by atoms with Crippen molar-refractivity contribution in [2.24, 2.45) is 11.8 Å². The third kappa shape index (κ3) is 4.70. The molecular formula is C21H28N6O3. The van der Waals surface area contributed by atoms with Crippen LogP contribution < -0.4 is 16.2 Å². The number of amides is 2. The smallest absolute Gasteiger partial charge is 0.279 e. The van der Waals surface area contributed by atoms with E-state index in [1.165, 1.54) is 4.57 Å². The molecule has 2 amide bonds. The monoisotopic (exact) mass is 412 g/mol. The second-order valence-corrected chi connectivity index (χ2v) is 8.31. The highest BCUT2D eigenvalue weighted by atomic mass is 16.2. The van der Waals surface area contributed by atoms with Gasteiger partial charge in [0.2, 0.25) is 11.8 Å². The van der Waals surface area contributed by atoms with Crippen LogP contribution >= 0.6 is 0 Å². The minimum atomic E-state index is -0.798. The molecule has 3 atom stereocenters. The molecule has 3 rings (SSSR count). The van der Waals surface area contributed by atoms with Gasteiger partial charge < -0.3 is 20.2 Å². The zero-order chi connectivity index (χ0) is 21.8. The molecule has 2 aromatic heterocycles. The van der Waals surface area contributed by atoms with Gasteiger partial charge in [0.15, 0.2) is 5.52 Å². The molecule has 0 bridgehead atoms. The Bertz CT molecular complexity index is 1030. The molecule has 3 N–H and O–H groups in total. The van der Waals surface area contributed by atoms with Crippen LogP contribution in [0.3, 0.4) is 0 Å². The summed E-state index contributed by atoms with van der Waals surface area (Å²) in [5.41, 5.74) is 0.556. The van der Waals surface area contributed by atoms with Crippen molar-refractivity contribution in [1.82, 2.24) is 25.2 Å². The summed E-state index contributed by atoms with van der Waals surface area (Å²) in [5, 5.41) is 15.1. The van der Waals surface area contributed by atoms with Crippen LogP contribution in [0.15, 0.2) is 17.1 Å². The highest BCUT2D eigenvalue weighted by molar-refractivity contribution is 5.82. The van der Waals surface area contributed by atoms with Gasteiger partial charge >= 0.3 is 0 Å². The number of nitriles is 1. The summed E-state index contributed by atoms with van der Waals surface area (Å²) in [4.78, 5) is 45.4. The number of fused-ring (bicyclic) bond motifs is 1. The number of aryl methyl sites for hydroxylation is 1. The van der Waals surface area contributed by atoms with Crippen molar-refractivity contribution < 1.29 is 9.59 Å². The third-order valence-electron chi connectivity index (χ3n) is 5.41. The Morgan fingerprint density at radius 1 is 1.43 bits per heavy atom. The van der Waals surface area contributed by atoms with E-state index < -0.39 is 18.0 Å². The molecule has 1 unspecified atom stereocenters. The van der Waals surface area contributed by atoms with Crippen molar-refractivity contribution in [3.8, 4) is 6.07 Å². The van der Waals surface area contributed by atoms with Gasteiger partial charge in [-0.05, 0) is 44.6 Å². The number of hydrogen-bond acceptors (Lipinski definition) is 5. The van der Waals surface area contributed by atoms with E-state index in [1.54, 1.807) is 19.2 Å². The normalized spacial score (nSPS) is 18.6. The lowest BCUT2D eigenvalue weighted by molar-refractivity contribution is -0.128. The lowest BCUT2D eigenvalue weighted by Crippen LogP contribution is -2.45. The number of rotatable bonds is 7. The fourth-order valence-corrected chi connectivity index (χ4v) is 3.93. The molecule has 1 fully saturated rings. The number of aromatic amines is 1. The maximum Gasteiger partial charge on any atom is 0.279 e. The molecule has 0 aromatic carbocycles. The van der Waals surface area contributed by atoms with Crippen molar-refractivity contribution >= 4 is 22.8 Å². The topological polar surface area (TPSA) is 133 Å². The van der Waals surface area contributed by atoms with Crippen LogP contribution in [0.4, 0.5) is 0 Å². The second kappa shape index (κ2) is 9.11. The van der Waals surface area contributed by atoms with E-state index in [9.17, 15) is 19.6 Å². The highest BCUT2D eigenvalue weighted by Crippen LogP contribution is 2.20. The molecule has 1 aliphatic rings. The SMILES string of the molecule is Cc1nc2c(=O)n(C(CC(C)C)C(=O)N[C@H](C#N)C[C@@H]3CCCNC3=O)ccc2[nH]1. The van der Waals surface area contributed by atoms with Gasteiger partial charge in [-0.3, -0.25) is 14.4 Å². The minimum Gasteiger partial charge on any atom is -0.356 e. The third-order valence-corrected chi connectivity index (χ3v) is 5.41. The van der Waals surface area contributed by atoms with Crippen LogP contribution in [0.5, 0.6) is 0 Å². The summed E-state index contributed by atoms with van der Waals surface area (Å²) in [6.07, 6.45) is 3.84. The highest BCUT2D eigenvalue weighted by Gasteiger charge is 2.29. The largest absolute Gasteiger partial charge is 0.356 e. The Morgan fingerprint density at radius 2 is 2.20 bits per heavy atom. The van der Waals surface area contributed by atoms with E-state index in [-0.39, 0.29) is 35.2 Å². The Labute approximate surface area is 174 Å². The van der Waals surface area contributed by atoms with Gasteiger partial charge in [0.05, 0.1) is 11.6 Å². The van der Waals surface area contributed by atoms with Crippen molar-refractivity contribution in [3.05, 3.63) is 28.4 Å². The maximum atomic E-state index is 13.1. The number of imidazole rings is 1. The quantitative estimate of drug-likeness (QED) is 0.634. The van der Waals surface area contributed by atoms with Crippen molar-refractivity contribution in [2.75, 3.05) is 6.54 Å². The zero-order valence-corrected chi connectivity index (χ0v) is 17.6. The van der Waals surface area contributed by atoms with Gasteiger partial charge in [-0.25, -0.2) is 4.98 Å². The average molecular weight is 412 g/mol. The van der Waals surface area contributed by atoms with E-state index in [4.69, 9.17) is 0 Å². The van der Waals surface area contributed by atoms with E-state index >= 15 is 0 Å². The van der Waals surface area contributed by atoms with Crippen LogP contribution in [0.1, 0.15) is 51.4 Å². The number of hydrogen-bond donors (Lipinski definition) is 3. The first-order valence-electron chi connectivity index (χ1n) is 10.3. The number of carbonyl (C=O) groups is 2. The number of carbonyl (C=O) groups excluding carboxylic acids is 2. The first-order chi connectivity index (χ1) is 14.3. The molecule has 0 spiro atoms. The molecule has 1 aliphatic heterocycles. The van der Waals surface area contributed by atoms with E-state index in [0.717, 1.165) is 6.42 Å². The predicted octanol–water partition coefficient (Wildman–Crippen LogP) is 1.54. The molecule has 1 saturated heterocycles. The van der Waals surface area contributed by atoms with E-state index in [0.29, 0.717) is 30.7 Å². The van der Waals surface area contributed by atoms with Crippen molar-refractivity contribution in [2.45, 2.75) is 58.5 Å². The zero-order valence-electron chi connectivity index (χ0n) is 17.6. The van der Waals surface area contributed by atoms with Gasteiger partial charge in [-0.15, -0.1) is 0 Å². The van der Waals surface area contributed by atoms with Crippen LogP contribution in [-0.2, 0) is 9.59 Å². The first kappa shape index (κ1) is 21.6. The molecule has 3 heterocycles. The summed E-state index contributed by atoms with van der Waals surface area (Å²) in [6.45, 7) is 6.35. The maximum absolute atomic E-state index is 13.1. The number of aromatic nitrogens is 3. The van der Waals surface area contributed by atoms with E-state index in [2.05, 4.69) is 26.7 Å². The van der Waals surface area contributed by atoms with E-state index in [1.807, 2.05) is 13.8 Å². The fourth-order valence-electron chi connectivity index (χ4n) is 3.93. The Kier molecular flexibility index (Phi) is 6.55. The Hall–Kier alpha value is -3.15. The number of pyridine rings is 1. The molecule has 0 saturated carbocycles. The van der Waals surface area contributed by atoms with Crippen molar-refractivity contribution in [1.29, 1.82) is 5.26 Å². The Morgan fingerprint density at radius 3 is 2.87 bits per heavy atom. The average Bonchev–Trinajstić information content (AvgIpc) is 3.09. The second-order valence-electron chi connectivity index (χ2n) is 8.31. The standard InChI is InChI=1S/C21H28N6O3/c1-12(2)9-17(27-8-6-16-18(21(27)30)25-13(3)24-16)20(29)26-15(11-22)10-14-5-4-7-23-19(14)28/h6,8,12,14-15,17H,4-5,7,9-10H2,1-3H3,(H,23,28)(H,24,25)(H,26,29)/t14-,15-,17?/m0/s1. The van der Waals surface area contributed by atoms with Gasteiger partial charge in [-0.1, -0.05) is 13.8 Å². The molecule has 0 radical (unpaired) electrons. The van der Waals surface area contributed by atoms with Gasteiger partial charge in [0, 0.05) is 18.7 Å². The van der Waals surface area contributed by atoms with Crippen LogP contribution in [0.25, 0.3) is 11.0 Å². The fraction of sp³-hybridized carbons (Fsp3) is 0.571. The molecule has 30 heavy (non-hydrogen) atoms. The molecule has 9 nitrogen and oxygen atoms in total. The molecule has 160 valence electrons. The summed E-state index contributed by atoms with van der Waals surface area (Å²) < 4.78 is 1.39. The van der Waals surface area contributed by atoms with Crippen LogP contribution in [0.2, 0.25) is 0 Å². The first-order valence-corrected chi connectivity index (χ1v) is 10.3. The van der Waals surface area contributed by atoms with Crippen LogP contribution in [-0.4, -0.2) is 38.9 Å². The Balaban J connectivity index is 1.83. The summed E-state index contributed by atoms with van der Waals surface area (Å²) in [7, 11) is 0. The summed E-state index contributed by atoms with van der Waals surface area (Å²) >= 11 is 0. The summed E-state index contributed by atoms with van der Waals surface area (Å²) in [5.74, 6) is -0.00230. The van der Waals surface area contributed by atoms with Gasteiger partial charge in [0.1, 0.15) is 17.9 Å². The summed E-state index contributed by atoms with van der Waals surface area (Å²) in [6, 6.07) is 2.25. The molecule has 2 aromatic rings. The molecule has 0 aliphatic carbocycles. The van der Waals surface area contributed by atoms with Crippen molar-refractivity contribution in [3.63, 3.8) is 0 Å². The molecular weight excluding hydrogens is 384 g/mol. The molecule has 9 heteroatoms. The predicted molar refractivity (Wildman–Crippen MR) is 111 cm³/mol. The number of nitrogens with one attached hydrogen (secondary N) is 3.